The molecule has 1 fully saturated rings. The second kappa shape index (κ2) is 4.44. The molecule has 1 aromatic carbocycles. The molecule has 7 heteroatoms. The van der Waals surface area contributed by atoms with Gasteiger partial charge in [-0.1, -0.05) is 6.07 Å². The van der Waals surface area contributed by atoms with Gasteiger partial charge in [-0.05, 0) is 49.7 Å². The summed E-state index contributed by atoms with van der Waals surface area (Å²) in [6.45, 7) is 1.76. The van der Waals surface area contributed by atoms with Crippen LogP contribution in [0.5, 0.6) is 0 Å². The Labute approximate surface area is 118 Å². The number of nitrogens with zero attached hydrogens (tertiary/aromatic N) is 2. The summed E-state index contributed by atoms with van der Waals surface area (Å²) >= 11 is 5.16. The minimum atomic E-state index is -4.37. The Hall–Kier alpha value is -1.63. The van der Waals surface area contributed by atoms with Crippen LogP contribution in [-0.4, -0.2) is 14.8 Å². The van der Waals surface area contributed by atoms with Gasteiger partial charge in [0.05, 0.1) is 11.3 Å². The summed E-state index contributed by atoms with van der Waals surface area (Å²) in [5, 5.41) is 6.83. The Morgan fingerprint density at radius 1 is 1.35 bits per heavy atom. The van der Waals surface area contributed by atoms with E-state index in [2.05, 4.69) is 10.2 Å². The van der Waals surface area contributed by atoms with Gasteiger partial charge in [-0.3, -0.25) is 9.67 Å². The number of benzene rings is 1. The van der Waals surface area contributed by atoms with E-state index in [1.807, 2.05) is 0 Å². The fraction of sp³-hybridized carbons (Fsp3) is 0.385. The van der Waals surface area contributed by atoms with Crippen LogP contribution >= 0.6 is 12.2 Å². The number of alkyl halides is 3. The molecule has 1 N–H and O–H groups in total. The highest BCUT2D eigenvalue weighted by atomic mass is 32.1. The SMILES string of the molecule is Cc1ccc(C(F)(F)F)cc1-n1c(C2CC2)n[nH]c1=S. The van der Waals surface area contributed by atoms with E-state index < -0.39 is 11.7 Å². The van der Waals surface area contributed by atoms with Crippen LogP contribution in [0.3, 0.4) is 0 Å². The van der Waals surface area contributed by atoms with Crippen LogP contribution in [0.25, 0.3) is 5.69 Å². The highest BCUT2D eigenvalue weighted by Gasteiger charge is 2.33. The van der Waals surface area contributed by atoms with E-state index >= 15 is 0 Å². The van der Waals surface area contributed by atoms with Gasteiger partial charge >= 0.3 is 6.18 Å². The first-order valence-electron chi connectivity index (χ1n) is 6.23. The summed E-state index contributed by atoms with van der Waals surface area (Å²) in [5.74, 6) is 1.01. The summed E-state index contributed by atoms with van der Waals surface area (Å²) in [6, 6.07) is 3.68. The van der Waals surface area contributed by atoms with Crippen LogP contribution in [0, 0.1) is 11.7 Å². The van der Waals surface area contributed by atoms with Crippen LogP contribution in [0.15, 0.2) is 18.2 Å². The van der Waals surface area contributed by atoms with Gasteiger partial charge in [-0.15, -0.1) is 0 Å². The highest BCUT2D eigenvalue weighted by Crippen LogP contribution is 2.40. The van der Waals surface area contributed by atoms with E-state index in [-0.39, 0.29) is 5.92 Å². The Balaban J connectivity index is 2.19. The first kappa shape index (κ1) is 13.4. The lowest BCUT2D eigenvalue weighted by molar-refractivity contribution is -0.137. The smallest absolute Gasteiger partial charge is 0.272 e. The van der Waals surface area contributed by atoms with Crippen molar-refractivity contribution in [2.24, 2.45) is 0 Å². The van der Waals surface area contributed by atoms with Crippen LogP contribution in [0.2, 0.25) is 0 Å². The molecule has 1 aliphatic carbocycles. The largest absolute Gasteiger partial charge is 0.416 e. The topological polar surface area (TPSA) is 33.6 Å². The second-order valence-corrected chi connectivity index (χ2v) is 5.38. The minimum absolute atomic E-state index is 0.289. The molecule has 106 valence electrons. The van der Waals surface area contributed by atoms with E-state index in [0.717, 1.165) is 36.4 Å². The summed E-state index contributed by atoms with van der Waals surface area (Å²) in [4.78, 5) is 0. The maximum Gasteiger partial charge on any atom is 0.416 e. The van der Waals surface area contributed by atoms with E-state index in [1.54, 1.807) is 11.5 Å². The molecular formula is C13H12F3N3S. The molecule has 0 bridgehead atoms. The third-order valence-corrected chi connectivity index (χ3v) is 3.69. The second-order valence-electron chi connectivity index (χ2n) is 5.00. The lowest BCUT2D eigenvalue weighted by atomic mass is 10.1. The first-order valence-corrected chi connectivity index (χ1v) is 6.64. The molecule has 0 saturated heterocycles. The van der Waals surface area contributed by atoms with Crippen molar-refractivity contribution < 1.29 is 13.2 Å². The normalized spacial score (nSPS) is 15.6. The van der Waals surface area contributed by atoms with Crippen molar-refractivity contribution in [3.8, 4) is 5.69 Å². The first-order chi connectivity index (χ1) is 9.38. The molecular weight excluding hydrogens is 287 g/mol. The summed E-state index contributed by atoms with van der Waals surface area (Å²) in [6.07, 6.45) is -2.37. The van der Waals surface area contributed by atoms with Gasteiger partial charge in [-0.25, -0.2) is 0 Å². The molecule has 0 unspecified atom stereocenters. The van der Waals surface area contributed by atoms with Crippen LogP contribution in [0.4, 0.5) is 13.2 Å². The maximum atomic E-state index is 12.9. The van der Waals surface area contributed by atoms with Gasteiger partial charge < -0.3 is 0 Å². The molecule has 3 rings (SSSR count). The number of aromatic amines is 1. The van der Waals surface area contributed by atoms with Crippen molar-refractivity contribution in [1.82, 2.24) is 14.8 Å². The van der Waals surface area contributed by atoms with Gasteiger partial charge in [0.25, 0.3) is 0 Å². The number of aryl methyl sites for hydroxylation is 1. The Kier molecular flexibility index (Phi) is 2.97. The monoisotopic (exact) mass is 299 g/mol. The molecule has 1 saturated carbocycles. The Bertz CT molecular complexity index is 710. The van der Waals surface area contributed by atoms with E-state index in [9.17, 15) is 13.2 Å². The van der Waals surface area contributed by atoms with E-state index in [4.69, 9.17) is 12.2 Å². The molecule has 1 aromatic heterocycles. The average molecular weight is 299 g/mol. The molecule has 0 radical (unpaired) electrons. The number of nitrogens with one attached hydrogen (secondary N) is 1. The number of hydrogen-bond acceptors (Lipinski definition) is 2. The molecule has 0 amide bonds. The lowest BCUT2D eigenvalue weighted by Crippen LogP contribution is -2.08. The average Bonchev–Trinajstić information content (AvgIpc) is 3.13. The zero-order chi connectivity index (χ0) is 14.5. The Morgan fingerprint density at radius 3 is 2.65 bits per heavy atom. The number of hydrogen-bond donors (Lipinski definition) is 1. The zero-order valence-electron chi connectivity index (χ0n) is 10.7. The number of halogens is 3. The van der Waals surface area contributed by atoms with Gasteiger partial charge in [0.1, 0.15) is 5.82 Å². The van der Waals surface area contributed by atoms with E-state index in [1.165, 1.54) is 6.07 Å². The van der Waals surface area contributed by atoms with Crippen LogP contribution in [-0.2, 0) is 6.18 Å². The van der Waals surface area contributed by atoms with Crippen molar-refractivity contribution >= 4 is 12.2 Å². The molecule has 20 heavy (non-hydrogen) atoms. The molecule has 1 aliphatic rings. The summed E-state index contributed by atoms with van der Waals surface area (Å²) in [7, 11) is 0. The quantitative estimate of drug-likeness (QED) is 0.846. The third-order valence-electron chi connectivity index (χ3n) is 3.42. The Morgan fingerprint density at radius 2 is 2.05 bits per heavy atom. The number of aromatic nitrogens is 3. The molecule has 1 heterocycles. The van der Waals surface area contributed by atoms with Crippen molar-refractivity contribution in [2.75, 3.05) is 0 Å². The van der Waals surface area contributed by atoms with Crippen molar-refractivity contribution in [1.29, 1.82) is 0 Å². The fourth-order valence-electron chi connectivity index (χ4n) is 2.18. The fourth-order valence-corrected chi connectivity index (χ4v) is 2.42. The van der Waals surface area contributed by atoms with Gasteiger partial charge in [0.2, 0.25) is 0 Å². The maximum absolute atomic E-state index is 12.9. The standard InChI is InChI=1S/C13H12F3N3S/c1-7-2-5-9(13(14,15)16)6-10(7)19-11(8-3-4-8)17-18-12(19)20/h2,5-6,8H,3-4H2,1H3,(H,18,20). The molecule has 0 aliphatic heterocycles. The predicted octanol–water partition coefficient (Wildman–Crippen LogP) is 4.13. The molecule has 3 nitrogen and oxygen atoms in total. The number of H-pyrrole nitrogens is 1. The molecule has 0 atom stereocenters. The van der Waals surface area contributed by atoms with Crippen LogP contribution < -0.4 is 0 Å². The number of rotatable bonds is 2. The van der Waals surface area contributed by atoms with E-state index in [0.29, 0.717) is 10.5 Å². The molecule has 0 spiro atoms. The van der Waals surface area contributed by atoms with Crippen molar-refractivity contribution in [3.63, 3.8) is 0 Å². The minimum Gasteiger partial charge on any atom is -0.272 e. The van der Waals surface area contributed by atoms with Crippen molar-refractivity contribution in [2.45, 2.75) is 31.9 Å². The van der Waals surface area contributed by atoms with Crippen molar-refractivity contribution in [3.05, 3.63) is 39.9 Å². The van der Waals surface area contributed by atoms with Gasteiger partial charge in [-0.2, -0.15) is 18.3 Å². The van der Waals surface area contributed by atoms with Crippen LogP contribution in [0.1, 0.15) is 35.7 Å². The van der Waals surface area contributed by atoms with Gasteiger partial charge in [0, 0.05) is 5.92 Å². The summed E-state index contributed by atoms with van der Waals surface area (Å²) in [5.41, 5.74) is 0.501. The summed E-state index contributed by atoms with van der Waals surface area (Å²) < 4.78 is 40.5. The lowest BCUT2D eigenvalue weighted by Gasteiger charge is -2.13. The highest BCUT2D eigenvalue weighted by molar-refractivity contribution is 7.71. The predicted molar refractivity (Wildman–Crippen MR) is 70.5 cm³/mol. The van der Waals surface area contributed by atoms with Gasteiger partial charge in [0.15, 0.2) is 4.77 Å². The third kappa shape index (κ3) is 2.26. The molecule has 2 aromatic rings. The zero-order valence-corrected chi connectivity index (χ0v) is 11.5.